The predicted molar refractivity (Wildman–Crippen MR) is 146 cm³/mol. The van der Waals surface area contributed by atoms with Gasteiger partial charge in [0.25, 0.3) is 0 Å². The Hall–Kier alpha value is -4.99. The highest BCUT2D eigenvalue weighted by atomic mass is 19.4. The van der Waals surface area contributed by atoms with Crippen molar-refractivity contribution in [2.24, 2.45) is 5.41 Å². The van der Waals surface area contributed by atoms with Gasteiger partial charge >= 0.3 is 12.2 Å². The van der Waals surface area contributed by atoms with Crippen molar-refractivity contribution in [3.63, 3.8) is 0 Å². The molecule has 13 heteroatoms. The zero-order valence-corrected chi connectivity index (χ0v) is 22.6. The number of ether oxygens (including phenoxy) is 1. The van der Waals surface area contributed by atoms with Gasteiger partial charge in [-0.1, -0.05) is 18.7 Å². The molecule has 2 aliphatic rings. The summed E-state index contributed by atoms with van der Waals surface area (Å²) in [5, 5.41) is 18.2. The molecule has 2 fully saturated rings. The Morgan fingerprint density at radius 2 is 2.02 bits per heavy atom. The summed E-state index contributed by atoms with van der Waals surface area (Å²) in [5.41, 5.74) is 1.71. The zero-order chi connectivity index (χ0) is 29.6. The number of carbonyl (C=O) groups excluding carboxylic acids is 1. The maximum Gasteiger partial charge on any atom is 0.433 e. The number of anilines is 1. The number of benzene rings is 1. The molecule has 0 aliphatic carbocycles. The number of aromatic amines is 1. The molecule has 1 aromatic carbocycles. The van der Waals surface area contributed by atoms with E-state index in [1.807, 2.05) is 24.0 Å². The van der Waals surface area contributed by atoms with Crippen LogP contribution in [0.1, 0.15) is 28.9 Å². The van der Waals surface area contributed by atoms with E-state index in [-0.39, 0.29) is 35.2 Å². The van der Waals surface area contributed by atoms with Crippen LogP contribution in [0.15, 0.2) is 49.2 Å². The zero-order valence-electron chi connectivity index (χ0n) is 22.6. The monoisotopic (exact) mass is 574 g/mol. The number of pyridine rings is 1. The average Bonchev–Trinajstić information content (AvgIpc) is 3.62. The smallest absolute Gasteiger partial charge is 0.433 e. The summed E-state index contributed by atoms with van der Waals surface area (Å²) in [6.45, 7) is 7.43. The van der Waals surface area contributed by atoms with E-state index in [1.165, 1.54) is 18.2 Å². The van der Waals surface area contributed by atoms with Crippen molar-refractivity contribution in [2.75, 3.05) is 31.1 Å². The van der Waals surface area contributed by atoms with E-state index in [1.54, 1.807) is 11.1 Å². The van der Waals surface area contributed by atoms with Crippen LogP contribution in [0.4, 0.5) is 19.0 Å². The standard InChI is InChI=1S/C29H25F3N8O2/c1-3-23(41)40-15-28(16-40)9-10-39(14-28)26-19(11-33)25(24-17(2)7-8-21-20(24)12-34-38-21)36-27(37-26)42-13-18-5-4-6-22(35-18)29(30,31)32/h3-8,12H,1,9-10,13-16H2,2H3,(H,34,38). The average molecular weight is 575 g/mol. The van der Waals surface area contributed by atoms with E-state index in [0.29, 0.717) is 43.3 Å². The summed E-state index contributed by atoms with van der Waals surface area (Å²) in [6, 6.07) is 9.52. The molecule has 1 amide bonds. The number of aryl methyl sites for hydroxylation is 1. The maximum atomic E-state index is 13.2. The van der Waals surface area contributed by atoms with Crippen molar-refractivity contribution in [3.05, 3.63) is 71.7 Å². The van der Waals surface area contributed by atoms with Crippen molar-refractivity contribution in [3.8, 4) is 23.3 Å². The first-order chi connectivity index (χ1) is 20.1. The lowest BCUT2D eigenvalue weighted by Gasteiger charge is -2.47. The van der Waals surface area contributed by atoms with Crippen molar-refractivity contribution in [1.29, 1.82) is 5.26 Å². The number of likely N-dealkylation sites (tertiary alicyclic amines) is 1. The Bertz CT molecular complexity index is 1750. The number of aromatic nitrogens is 5. The van der Waals surface area contributed by atoms with Crippen LogP contribution in [-0.4, -0.2) is 62.1 Å². The number of nitrogens with zero attached hydrogens (tertiary/aromatic N) is 7. The molecule has 0 bridgehead atoms. The van der Waals surface area contributed by atoms with Gasteiger partial charge in [-0.3, -0.25) is 9.89 Å². The van der Waals surface area contributed by atoms with E-state index in [4.69, 9.17) is 4.74 Å². The fraction of sp³-hybridized carbons (Fsp3) is 0.310. The minimum absolute atomic E-state index is 0.0515. The van der Waals surface area contributed by atoms with Gasteiger partial charge in [-0.25, -0.2) is 4.98 Å². The SMILES string of the molecule is C=CC(=O)N1CC2(CCN(c3nc(OCc4cccc(C(F)(F)F)n4)nc(-c4c(C)ccc5[nH]ncc45)c3C#N)C2)C1. The number of H-pyrrole nitrogens is 1. The second-order valence-electron chi connectivity index (χ2n) is 10.6. The van der Waals surface area contributed by atoms with Gasteiger partial charge in [-0.15, -0.1) is 0 Å². The summed E-state index contributed by atoms with van der Waals surface area (Å²) in [5.74, 6) is 0.239. The molecule has 3 aromatic heterocycles. The Labute approximate surface area is 238 Å². The lowest BCUT2D eigenvalue weighted by atomic mass is 9.79. The summed E-state index contributed by atoms with van der Waals surface area (Å²) in [6.07, 6.45) is -0.857. The van der Waals surface area contributed by atoms with Gasteiger partial charge in [0.1, 0.15) is 23.9 Å². The fourth-order valence-corrected chi connectivity index (χ4v) is 5.73. The molecule has 2 saturated heterocycles. The van der Waals surface area contributed by atoms with Gasteiger partial charge in [0, 0.05) is 42.5 Å². The van der Waals surface area contributed by atoms with Crippen molar-refractivity contribution < 1.29 is 22.7 Å². The van der Waals surface area contributed by atoms with Crippen LogP contribution in [0, 0.1) is 23.7 Å². The second kappa shape index (κ2) is 10.1. The lowest BCUT2D eigenvalue weighted by Crippen LogP contribution is -2.59. The third kappa shape index (κ3) is 4.78. The Kier molecular flexibility index (Phi) is 6.56. The van der Waals surface area contributed by atoms with E-state index in [2.05, 4.69) is 37.8 Å². The van der Waals surface area contributed by atoms with Crippen LogP contribution in [0.3, 0.4) is 0 Å². The van der Waals surface area contributed by atoms with Crippen molar-refractivity contribution >= 4 is 22.6 Å². The van der Waals surface area contributed by atoms with Gasteiger partial charge in [0.2, 0.25) is 5.91 Å². The highest BCUT2D eigenvalue weighted by Gasteiger charge is 2.49. The molecule has 42 heavy (non-hydrogen) atoms. The van der Waals surface area contributed by atoms with Gasteiger partial charge in [0.05, 0.1) is 23.1 Å². The largest absolute Gasteiger partial charge is 0.457 e. The molecule has 6 rings (SSSR count). The highest BCUT2D eigenvalue weighted by Crippen LogP contribution is 2.43. The molecule has 10 nitrogen and oxygen atoms in total. The number of rotatable bonds is 6. The number of nitrogens with one attached hydrogen (secondary N) is 1. The second-order valence-corrected chi connectivity index (χ2v) is 10.6. The van der Waals surface area contributed by atoms with E-state index in [0.717, 1.165) is 29.0 Å². The molecule has 0 saturated carbocycles. The number of nitriles is 1. The molecule has 214 valence electrons. The van der Waals surface area contributed by atoms with E-state index in [9.17, 15) is 23.2 Å². The predicted octanol–water partition coefficient (Wildman–Crippen LogP) is 4.42. The summed E-state index contributed by atoms with van der Waals surface area (Å²) in [4.78, 5) is 28.6. The van der Waals surface area contributed by atoms with Crippen molar-refractivity contribution in [1.82, 2.24) is 30.0 Å². The first kappa shape index (κ1) is 27.2. The number of halogens is 3. The first-order valence-electron chi connectivity index (χ1n) is 13.2. The third-order valence-electron chi connectivity index (χ3n) is 7.77. The maximum absolute atomic E-state index is 13.2. The Morgan fingerprint density at radius 1 is 1.21 bits per heavy atom. The molecule has 0 radical (unpaired) electrons. The highest BCUT2D eigenvalue weighted by molar-refractivity contribution is 5.97. The van der Waals surface area contributed by atoms with Gasteiger partial charge < -0.3 is 14.5 Å². The number of hydrogen-bond acceptors (Lipinski definition) is 8. The summed E-state index contributed by atoms with van der Waals surface area (Å²) in [7, 11) is 0. The molecule has 2 aliphatic heterocycles. The summed E-state index contributed by atoms with van der Waals surface area (Å²) < 4.78 is 45.5. The van der Waals surface area contributed by atoms with Crippen LogP contribution in [0.2, 0.25) is 0 Å². The van der Waals surface area contributed by atoms with Crippen molar-refractivity contribution in [2.45, 2.75) is 26.1 Å². The molecular weight excluding hydrogens is 549 g/mol. The van der Waals surface area contributed by atoms with Crippen LogP contribution < -0.4 is 9.64 Å². The molecule has 0 unspecified atom stereocenters. The van der Waals surface area contributed by atoms with Crippen LogP contribution >= 0.6 is 0 Å². The molecule has 5 heterocycles. The quantitative estimate of drug-likeness (QED) is 0.336. The molecule has 4 aromatic rings. The number of fused-ring (bicyclic) bond motifs is 1. The minimum Gasteiger partial charge on any atom is -0.457 e. The first-order valence-corrected chi connectivity index (χ1v) is 13.2. The molecular formula is C29H25F3N8O2. The molecule has 1 N–H and O–H groups in total. The number of hydrogen-bond donors (Lipinski definition) is 1. The molecule has 0 atom stereocenters. The van der Waals surface area contributed by atoms with Gasteiger partial charge in [-0.05, 0) is 43.2 Å². The third-order valence-corrected chi connectivity index (χ3v) is 7.77. The normalized spacial score (nSPS) is 16.0. The molecule has 1 spiro atoms. The van der Waals surface area contributed by atoms with E-state index >= 15 is 0 Å². The van der Waals surface area contributed by atoms with Gasteiger partial charge in [-0.2, -0.15) is 33.5 Å². The lowest BCUT2D eigenvalue weighted by molar-refractivity contribution is -0.141. The van der Waals surface area contributed by atoms with Crippen LogP contribution in [-0.2, 0) is 17.6 Å². The fourth-order valence-electron chi connectivity index (χ4n) is 5.73. The number of alkyl halides is 3. The number of amides is 1. The van der Waals surface area contributed by atoms with Gasteiger partial charge in [0.15, 0.2) is 5.82 Å². The number of carbonyl (C=O) groups is 1. The Morgan fingerprint density at radius 3 is 2.76 bits per heavy atom. The Balaban J connectivity index is 1.40. The topological polar surface area (TPSA) is 124 Å². The van der Waals surface area contributed by atoms with Crippen LogP contribution in [0.25, 0.3) is 22.2 Å². The van der Waals surface area contributed by atoms with Crippen LogP contribution in [0.5, 0.6) is 6.01 Å². The summed E-state index contributed by atoms with van der Waals surface area (Å²) >= 11 is 0. The van der Waals surface area contributed by atoms with E-state index < -0.39 is 11.9 Å². The minimum atomic E-state index is -4.60.